The van der Waals surface area contributed by atoms with Gasteiger partial charge in [-0.25, -0.2) is 4.39 Å². The summed E-state index contributed by atoms with van der Waals surface area (Å²) in [5.74, 6) is -0.216. The maximum atomic E-state index is 14.8. The highest BCUT2D eigenvalue weighted by atomic mass is 19.1. The normalized spacial score (nSPS) is 15.1. The average molecular weight is 634 g/mol. The van der Waals surface area contributed by atoms with Crippen LogP contribution < -0.4 is 9.80 Å². The SMILES string of the molecule is CC1(C)c2cc(F)ccc2N(c2ccc3ccc4c(N(c5ccccc5)c5cccc(C#N)c5)ccc5ccc2c3c54)C1c1ccccc1. The first-order valence-electron chi connectivity index (χ1n) is 16.6. The van der Waals surface area contributed by atoms with Crippen molar-refractivity contribution in [1.29, 1.82) is 5.26 Å². The van der Waals surface area contributed by atoms with Crippen molar-refractivity contribution in [3.8, 4) is 6.07 Å². The molecule has 3 nitrogen and oxygen atoms in total. The van der Waals surface area contributed by atoms with E-state index in [1.54, 1.807) is 12.1 Å². The predicted molar refractivity (Wildman–Crippen MR) is 200 cm³/mol. The number of nitriles is 1. The molecule has 1 atom stereocenters. The highest BCUT2D eigenvalue weighted by Crippen LogP contribution is 2.57. The zero-order valence-electron chi connectivity index (χ0n) is 27.2. The number of nitrogens with zero attached hydrogens (tertiary/aromatic N) is 3. The van der Waals surface area contributed by atoms with E-state index in [-0.39, 0.29) is 17.3 Å². The lowest BCUT2D eigenvalue weighted by Crippen LogP contribution is -2.31. The Morgan fingerprint density at radius 2 is 1.27 bits per heavy atom. The Bertz CT molecular complexity index is 2570. The molecule has 0 spiro atoms. The first-order chi connectivity index (χ1) is 23.9. The maximum Gasteiger partial charge on any atom is 0.123 e. The number of halogens is 1. The molecule has 0 bridgehead atoms. The van der Waals surface area contributed by atoms with Crippen molar-refractivity contribution in [2.24, 2.45) is 0 Å². The van der Waals surface area contributed by atoms with Crippen LogP contribution in [-0.2, 0) is 5.41 Å². The summed E-state index contributed by atoms with van der Waals surface area (Å²) >= 11 is 0. The lowest BCUT2D eigenvalue weighted by molar-refractivity contribution is 0.447. The molecule has 1 unspecified atom stereocenters. The number of hydrogen-bond acceptors (Lipinski definition) is 3. The minimum Gasteiger partial charge on any atom is -0.332 e. The minimum atomic E-state index is -0.357. The monoisotopic (exact) mass is 633 g/mol. The second-order valence-corrected chi connectivity index (χ2v) is 13.5. The molecule has 1 aliphatic heterocycles. The van der Waals surface area contributed by atoms with Crippen LogP contribution in [0.2, 0.25) is 0 Å². The summed E-state index contributed by atoms with van der Waals surface area (Å²) in [5, 5.41) is 16.8. The summed E-state index contributed by atoms with van der Waals surface area (Å²) in [6.07, 6.45) is 0. The molecule has 0 amide bonds. The molecule has 8 aromatic carbocycles. The van der Waals surface area contributed by atoms with E-state index in [1.807, 2.05) is 48.5 Å². The number of para-hydroxylation sites is 1. The second-order valence-electron chi connectivity index (χ2n) is 13.5. The number of rotatable bonds is 5. The van der Waals surface area contributed by atoms with Gasteiger partial charge in [-0.15, -0.1) is 0 Å². The maximum absolute atomic E-state index is 14.8. The van der Waals surface area contributed by atoms with E-state index < -0.39 is 0 Å². The van der Waals surface area contributed by atoms with Crippen LogP contribution in [0.5, 0.6) is 0 Å². The van der Waals surface area contributed by atoms with Crippen molar-refractivity contribution < 1.29 is 4.39 Å². The number of anilines is 5. The number of hydrogen-bond donors (Lipinski definition) is 0. The van der Waals surface area contributed by atoms with Gasteiger partial charge in [0.1, 0.15) is 5.82 Å². The van der Waals surface area contributed by atoms with E-state index in [0.29, 0.717) is 5.56 Å². The van der Waals surface area contributed by atoms with Crippen molar-refractivity contribution in [3.63, 3.8) is 0 Å². The van der Waals surface area contributed by atoms with Gasteiger partial charge < -0.3 is 9.80 Å². The zero-order chi connectivity index (χ0) is 33.3. The van der Waals surface area contributed by atoms with E-state index in [2.05, 4.69) is 121 Å². The van der Waals surface area contributed by atoms with Crippen LogP contribution in [0.3, 0.4) is 0 Å². The third-order valence-electron chi connectivity index (χ3n) is 10.3. The number of fused-ring (bicyclic) bond motifs is 1. The molecule has 234 valence electrons. The van der Waals surface area contributed by atoms with Crippen LogP contribution in [0.15, 0.2) is 152 Å². The Morgan fingerprint density at radius 1 is 0.633 bits per heavy atom. The van der Waals surface area contributed by atoms with E-state index in [4.69, 9.17) is 0 Å². The molecule has 9 rings (SSSR count). The Kier molecular flexibility index (Phi) is 6.47. The van der Waals surface area contributed by atoms with Gasteiger partial charge in [-0.1, -0.05) is 105 Å². The molecular formula is C45H32FN3. The summed E-state index contributed by atoms with van der Waals surface area (Å²) in [4.78, 5) is 4.67. The van der Waals surface area contributed by atoms with Crippen LogP contribution in [0.25, 0.3) is 32.3 Å². The quantitative estimate of drug-likeness (QED) is 0.177. The Hall–Kier alpha value is -6.18. The first kappa shape index (κ1) is 29.0. The highest BCUT2D eigenvalue weighted by Gasteiger charge is 2.46. The van der Waals surface area contributed by atoms with Gasteiger partial charge in [0.15, 0.2) is 0 Å². The molecule has 0 aromatic heterocycles. The molecule has 0 fully saturated rings. The lowest BCUT2D eigenvalue weighted by Gasteiger charge is -2.36. The van der Waals surface area contributed by atoms with E-state index in [1.165, 1.54) is 21.7 Å². The molecule has 0 radical (unpaired) electrons. The highest BCUT2D eigenvalue weighted by molar-refractivity contribution is 6.28. The summed E-state index contributed by atoms with van der Waals surface area (Å²) in [6.45, 7) is 4.45. The van der Waals surface area contributed by atoms with Crippen LogP contribution in [0.1, 0.15) is 36.6 Å². The van der Waals surface area contributed by atoms with Gasteiger partial charge in [-0.3, -0.25) is 0 Å². The molecule has 8 aromatic rings. The van der Waals surface area contributed by atoms with Gasteiger partial charge in [-0.2, -0.15) is 5.26 Å². The Labute approximate surface area is 285 Å². The molecular weight excluding hydrogens is 602 g/mol. The largest absolute Gasteiger partial charge is 0.332 e. The lowest BCUT2D eigenvalue weighted by atomic mass is 9.77. The predicted octanol–water partition coefficient (Wildman–Crippen LogP) is 12.2. The summed E-state index contributed by atoms with van der Waals surface area (Å²) in [5.41, 5.74) is 7.56. The first-order valence-corrected chi connectivity index (χ1v) is 16.6. The molecule has 49 heavy (non-hydrogen) atoms. The van der Waals surface area contributed by atoms with Gasteiger partial charge in [0.2, 0.25) is 0 Å². The van der Waals surface area contributed by atoms with Gasteiger partial charge in [-0.05, 0) is 93.3 Å². The molecule has 0 saturated heterocycles. The third-order valence-corrected chi connectivity index (χ3v) is 10.3. The average Bonchev–Trinajstić information content (AvgIpc) is 3.37. The van der Waals surface area contributed by atoms with E-state index >= 15 is 0 Å². The van der Waals surface area contributed by atoms with Gasteiger partial charge in [0.25, 0.3) is 0 Å². The van der Waals surface area contributed by atoms with Crippen molar-refractivity contribution in [3.05, 3.63) is 174 Å². The third kappa shape index (κ3) is 4.40. The molecule has 0 aliphatic carbocycles. The molecule has 0 N–H and O–H groups in total. The van der Waals surface area contributed by atoms with Crippen LogP contribution in [0, 0.1) is 17.1 Å². The summed E-state index contributed by atoms with van der Waals surface area (Å²) in [7, 11) is 0. The van der Waals surface area contributed by atoms with E-state index in [0.717, 1.165) is 50.2 Å². The Morgan fingerprint density at radius 3 is 2.02 bits per heavy atom. The fraction of sp³-hybridized carbons (Fsp3) is 0.0889. The van der Waals surface area contributed by atoms with E-state index in [9.17, 15) is 9.65 Å². The van der Waals surface area contributed by atoms with Crippen molar-refractivity contribution in [1.82, 2.24) is 0 Å². The van der Waals surface area contributed by atoms with Gasteiger partial charge in [0.05, 0.1) is 23.4 Å². The molecule has 0 saturated carbocycles. The standard InChI is InChI=1S/C45H32FN3/c1-45(2)38-27-33(46)20-25-41(38)49(44(45)32-11-5-3-6-12-32)40-24-19-31-16-21-36-39(23-18-30-17-22-37(40)43(31)42(30)36)48(34-13-7-4-8-14-34)35-15-9-10-29(26-35)28-47/h3-27,44H,1-2H3. The molecule has 4 heteroatoms. The van der Waals surface area contributed by atoms with Crippen molar-refractivity contribution >= 4 is 60.8 Å². The smallest absolute Gasteiger partial charge is 0.123 e. The Balaban J connectivity index is 1.32. The summed E-state index contributed by atoms with van der Waals surface area (Å²) < 4.78 is 14.8. The van der Waals surface area contributed by atoms with Gasteiger partial charge in [0, 0.05) is 38.9 Å². The van der Waals surface area contributed by atoms with Crippen LogP contribution in [0.4, 0.5) is 32.8 Å². The number of benzene rings is 8. The van der Waals surface area contributed by atoms with Crippen LogP contribution >= 0.6 is 0 Å². The minimum absolute atomic E-state index is 0.0412. The van der Waals surface area contributed by atoms with Crippen LogP contribution in [-0.4, -0.2) is 0 Å². The van der Waals surface area contributed by atoms with Crippen molar-refractivity contribution in [2.45, 2.75) is 25.3 Å². The second kappa shape index (κ2) is 10.9. The molecule has 1 aliphatic rings. The summed E-state index contributed by atoms with van der Waals surface area (Å²) in [6, 6.07) is 54.0. The topological polar surface area (TPSA) is 30.3 Å². The van der Waals surface area contributed by atoms with Gasteiger partial charge >= 0.3 is 0 Å². The molecule has 1 heterocycles. The van der Waals surface area contributed by atoms with Crippen molar-refractivity contribution in [2.75, 3.05) is 9.80 Å². The fourth-order valence-electron chi connectivity index (χ4n) is 8.21. The fourth-order valence-corrected chi connectivity index (χ4v) is 8.21. The zero-order valence-corrected chi connectivity index (χ0v) is 27.2.